The second-order valence-electron chi connectivity index (χ2n) is 6.21. The number of anilines is 1. The molecule has 0 aromatic carbocycles. The van der Waals surface area contributed by atoms with Gasteiger partial charge in [-0.3, -0.25) is 19.0 Å². The summed E-state index contributed by atoms with van der Waals surface area (Å²) in [5, 5.41) is 0.0290. The first-order valence-corrected chi connectivity index (χ1v) is 8.84. The molecule has 1 aliphatic heterocycles. The van der Waals surface area contributed by atoms with E-state index < -0.39 is 42.4 Å². The zero-order chi connectivity index (χ0) is 21.3. The predicted octanol–water partition coefficient (Wildman–Crippen LogP) is 0.386. The lowest BCUT2D eigenvalue weighted by atomic mass is 10.1. The van der Waals surface area contributed by atoms with E-state index in [9.17, 15) is 14.4 Å². The zero-order valence-electron chi connectivity index (χ0n) is 15.7. The van der Waals surface area contributed by atoms with Crippen LogP contribution in [0.4, 0.5) is 5.95 Å². The van der Waals surface area contributed by atoms with Crippen molar-refractivity contribution < 1.29 is 33.3 Å². The van der Waals surface area contributed by atoms with Crippen molar-refractivity contribution in [2.24, 2.45) is 0 Å². The minimum atomic E-state index is -1.08. The van der Waals surface area contributed by atoms with Crippen LogP contribution < -0.4 is 5.73 Å². The number of rotatable bonds is 5. The fourth-order valence-corrected chi connectivity index (χ4v) is 3.22. The van der Waals surface area contributed by atoms with Crippen molar-refractivity contribution in [3.05, 3.63) is 11.5 Å². The van der Waals surface area contributed by atoms with Gasteiger partial charge in [-0.1, -0.05) is 11.6 Å². The van der Waals surface area contributed by atoms with E-state index >= 15 is 0 Å². The second kappa shape index (κ2) is 8.17. The number of carbonyl (C=O) groups excluding carboxylic acids is 3. The minimum absolute atomic E-state index is 0.0290. The fraction of sp³-hybridized carbons (Fsp3) is 0.500. The number of ether oxygens (including phenoxy) is 4. The van der Waals surface area contributed by atoms with Crippen LogP contribution >= 0.6 is 11.6 Å². The Hall–Kier alpha value is -2.99. The summed E-state index contributed by atoms with van der Waals surface area (Å²) in [6, 6.07) is 0. The quantitative estimate of drug-likeness (QED) is 0.399. The third-order valence-electron chi connectivity index (χ3n) is 4.01. The number of hydrogen-bond acceptors (Lipinski definition) is 11. The first-order chi connectivity index (χ1) is 13.7. The van der Waals surface area contributed by atoms with E-state index in [2.05, 4.69) is 15.0 Å². The molecule has 0 aliphatic carbocycles. The molecule has 1 aliphatic rings. The molecule has 1 saturated heterocycles. The van der Waals surface area contributed by atoms with Crippen LogP contribution in [-0.4, -0.2) is 62.3 Å². The summed E-state index contributed by atoms with van der Waals surface area (Å²) in [6.45, 7) is 3.39. The molecule has 2 N–H and O–H groups in total. The number of aromatic nitrogens is 4. The fourth-order valence-electron chi connectivity index (χ4n) is 3.00. The molecular weight excluding hydrogens is 410 g/mol. The standard InChI is InChI=1S/C16H18ClN5O7/c1-6(23)26-4-9-11(27-7(2)24)12(28-8(3)25)15(29-9)22-5-19-10-13(17)20-16(18)21-14(10)22/h5,9,11-12,15H,4H2,1-3H3,(H2,18,20,21)/t9?,11-,12-,15?/m1/s1. The molecule has 2 aromatic rings. The molecule has 0 bridgehead atoms. The molecule has 13 heteroatoms. The number of fused-ring (bicyclic) bond motifs is 1. The highest BCUT2D eigenvalue weighted by Gasteiger charge is 2.51. The Balaban J connectivity index is 2.04. The maximum atomic E-state index is 11.7. The van der Waals surface area contributed by atoms with E-state index in [1.54, 1.807) is 0 Å². The lowest BCUT2D eigenvalue weighted by Crippen LogP contribution is -2.40. The predicted molar refractivity (Wildman–Crippen MR) is 96.4 cm³/mol. The number of hydrogen-bond donors (Lipinski definition) is 1. The summed E-state index contributed by atoms with van der Waals surface area (Å²) in [4.78, 5) is 46.6. The van der Waals surface area contributed by atoms with E-state index in [1.165, 1.54) is 31.7 Å². The topological polar surface area (TPSA) is 158 Å². The van der Waals surface area contributed by atoms with E-state index in [1.807, 2.05) is 0 Å². The van der Waals surface area contributed by atoms with Crippen LogP contribution in [0, 0.1) is 0 Å². The van der Waals surface area contributed by atoms with E-state index in [0.29, 0.717) is 0 Å². The monoisotopic (exact) mass is 427 g/mol. The third kappa shape index (κ3) is 4.38. The first kappa shape index (κ1) is 20.7. The molecule has 4 atom stereocenters. The van der Waals surface area contributed by atoms with Crippen molar-refractivity contribution in [3.8, 4) is 0 Å². The Kier molecular flexibility index (Phi) is 5.84. The molecule has 1 fully saturated rings. The highest BCUT2D eigenvalue weighted by molar-refractivity contribution is 6.33. The van der Waals surface area contributed by atoms with E-state index in [-0.39, 0.29) is 28.9 Å². The van der Waals surface area contributed by atoms with Gasteiger partial charge in [0.25, 0.3) is 0 Å². The van der Waals surface area contributed by atoms with Crippen LogP contribution in [0.15, 0.2) is 6.33 Å². The number of nitrogen functional groups attached to an aromatic ring is 1. The average molecular weight is 428 g/mol. The molecule has 0 amide bonds. The van der Waals surface area contributed by atoms with Crippen molar-refractivity contribution in [2.45, 2.75) is 45.3 Å². The number of nitrogens with two attached hydrogens (primary N) is 1. The minimum Gasteiger partial charge on any atom is -0.463 e. The van der Waals surface area contributed by atoms with Crippen LogP contribution in [0.5, 0.6) is 0 Å². The van der Waals surface area contributed by atoms with Gasteiger partial charge in [0.05, 0.1) is 6.33 Å². The Morgan fingerprint density at radius 2 is 1.79 bits per heavy atom. The van der Waals surface area contributed by atoms with Gasteiger partial charge >= 0.3 is 17.9 Å². The number of carbonyl (C=O) groups is 3. The number of esters is 3. The summed E-state index contributed by atoms with van der Waals surface area (Å²) < 4.78 is 23.0. The third-order valence-corrected chi connectivity index (χ3v) is 4.27. The van der Waals surface area contributed by atoms with Crippen LogP contribution in [0.3, 0.4) is 0 Å². The van der Waals surface area contributed by atoms with Gasteiger partial charge in [0.15, 0.2) is 29.2 Å². The molecule has 2 aromatic heterocycles. The highest BCUT2D eigenvalue weighted by Crippen LogP contribution is 2.36. The molecule has 0 saturated carbocycles. The lowest BCUT2D eigenvalue weighted by Gasteiger charge is -2.23. The van der Waals surface area contributed by atoms with Crippen LogP contribution in [0.25, 0.3) is 11.2 Å². The van der Waals surface area contributed by atoms with Crippen molar-refractivity contribution >= 4 is 46.6 Å². The van der Waals surface area contributed by atoms with Gasteiger partial charge in [-0.05, 0) is 0 Å². The van der Waals surface area contributed by atoms with Crippen LogP contribution in [-0.2, 0) is 33.3 Å². The molecule has 2 unspecified atom stereocenters. The van der Waals surface area contributed by atoms with Gasteiger partial charge in [0.2, 0.25) is 5.95 Å². The van der Waals surface area contributed by atoms with Gasteiger partial charge in [-0.15, -0.1) is 0 Å². The SMILES string of the molecule is CC(=O)OCC1OC(n2cnc3c(Cl)nc(N)nc32)[C@H](OC(C)=O)[C@@H]1OC(C)=O. The molecule has 0 radical (unpaired) electrons. The second-order valence-corrected chi connectivity index (χ2v) is 6.57. The average Bonchev–Trinajstić information content (AvgIpc) is 3.15. The summed E-state index contributed by atoms with van der Waals surface area (Å²) in [7, 11) is 0. The Labute approximate surface area is 169 Å². The van der Waals surface area contributed by atoms with Gasteiger partial charge in [0.1, 0.15) is 18.2 Å². The molecule has 29 heavy (non-hydrogen) atoms. The number of imidazole rings is 1. The normalized spacial score (nSPS) is 23.7. The summed E-state index contributed by atoms with van der Waals surface area (Å²) in [6.07, 6.45) is -2.70. The van der Waals surface area contributed by atoms with Crippen molar-refractivity contribution in [1.82, 2.24) is 19.5 Å². The zero-order valence-corrected chi connectivity index (χ0v) is 16.5. The Morgan fingerprint density at radius 1 is 1.14 bits per heavy atom. The van der Waals surface area contributed by atoms with Crippen LogP contribution in [0.1, 0.15) is 27.0 Å². The van der Waals surface area contributed by atoms with Gasteiger partial charge in [-0.25, -0.2) is 4.98 Å². The molecule has 0 spiro atoms. The molecule has 3 heterocycles. The van der Waals surface area contributed by atoms with Gasteiger partial charge in [0, 0.05) is 20.8 Å². The first-order valence-electron chi connectivity index (χ1n) is 8.46. The molecule has 156 valence electrons. The summed E-state index contributed by atoms with van der Waals surface area (Å²) in [5.74, 6) is -1.91. The van der Waals surface area contributed by atoms with Crippen molar-refractivity contribution in [2.75, 3.05) is 12.3 Å². The maximum Gasteiger partial charge on any atom is 0.303 e. The number of nitrogens with zero attached hydrogens (tertiary/aromatic N) is 4. The summed E-state index contributed by atoms with van der Waals surface area (Å²) in [5.41, 5.74) is 6.14. The highest BCUT2D eigenvalue weighted by atomic mass is 35.5. The smallest absolute Gasteiger partial charge is 0.303 e. The summed E-state index contributed by atoms with van der Waals surface area (Å²) >= 11 is 6.05. The van der Waals surface area contributed by atoms with Crippen molar-refractivity contribution in [3.63, 3.8) is 0 Å². The molecular formula is C16H18ClN5O7. The van der Waals surface area contributed by atoms with Crippen LogP contribution in [0.2, 0.25) is 5.15 Å². The largest absolute Gasteiger partial charge is 0.463 e. The Morgan fingerprint density at radius 3 is 2.41 bits per heavy atom. The maximum absolute atomic E-state index is 11.7. The van der Waals surface area contributed by atoms with E-state index in [0.717, 1.165) is 0 Å². The van der Waals surface area contributed by atoms with Gasteiger partial charge < -0.3 is 24.7 Å². The van der Waals surface area contributed by atoms with Crippen molar-refractivity contribution in [1.29, 1.82) is 0 Å². The number of halogens is 1. The molecule has 3 rings (SSSR count). The van der Waals surface area contributed by atoms with E-state index in [4.69, 9.17) is 36.3 Å². The lowest BCUT2D eigenvalue weighted by molar-refractivity contribution is -0.166. The Bertz CT molecular complexity index is 965. The molecule has 12 nitrogen and oxygen atoms in total. The van der Waals surface area contributed by atoms with Gasteiger partial charge in [-0.2, -0.15) is 9.97 Å².